The molecule has 0 radical (unpaired) electrons. The molecular weight excluding hydrogens is 256 g/mol. The number of rotatable bonds is 3. The maximum atomic E-state index is 12.2. The zero-order chi connectivity index (χ0) is 13.1. The molecular formula is C12H9ClN2O3. The molecule has 1 heterocycles. The van der Waals surface area contributed by atoms with Crippen molar-refractivity contribution in [2.45, 2.75) is 0 Å². The van der Waals surface area contributed by atoms with E-state index in [4.69, 9.17) is 16.7 Å². The third-order valence-corrected chi connectivity index (χ3v) is 2.65. The predicted octanol–water partition coefficient (Wildman–Crippen LogP) is 2.59. The highest BCUT2D eigenvalue weighted by Gasteiger charge is 2.16. The van der Waals surface area contributed by atoms with E-state index in [2.05, 4.69) is 5.43 Å². The lowest BCUT2D eigenvalue weighted by atomic mass is 10.1. The summed E-state index contributed by atoms with van der Waals surface area (Å²) < 4.78 is 1.13. The van der Waals surface area contributed by atoms with Gasteiger partial charge in [-0.2, -0.15) is 0 Å². The van der Waals surface area contributed by atoms with Crippen LogP contribution in [-0.4, -0.2) is 21.7 Å². The van der Waals surface area contributed by atoms with E-state index >= 15 is 0 Å². The zero-order valence-electron chi connectivity index (χ0n) is 9.13. The second-order valence-corrected chi connectivity index (χ2v) is 3.90. The molecule has 0 unspecified atom stereocenters. The molecule has 92 valence electrons. The lowest BCUT2D eigenvalue weighted by Crippen LogP contribution is -2.23. The first-order valence-electron chi connectivity index (χ1n) is 5.06. The van der Waals surface area contributed by atoms with Gasteiger partial charge in [-0.25, -0.2) is 10.2 Å². The van der Waals surface area contributed by atoms with Crippen LogP contribution in [0.25, 0.3) is 0 Å². The van der Waals surface area contributed by atoms with Crippen LogP contribution in [-0.2, 0) is 0 Å². The Balaban J connectivity index is 2.38. The number of nitrogens with one attached hydrogen (secondary N) is 1. The van der Waals surface area contributed by atoms with E-state index in [1.54, 1.807) is 30.3 Å². The highest BCUT2D eigenvalue weighted by molar-refractivity contribution is 6.34. The SMILES string of the molecule is O=C(O)Nn1cccc1C(=O)c1ccccc1Cl. The molecule has 0 spiro atoms. The van der Waals surface area contributed by atoms with Crippen LogP contribution in [0.2, 0.25) is 5.02 Å². The summed E-state index contributed by atoms with van der Waals surface area (Å²) in [4.78, 5) is 22.8. The van der Waals surface area contributed by atoms with E-state index in [0.717, 1.165) is 4.68 Å². The fourth-order valence-electron chi connectivity index (χ4n) is 1.55. The van der Waals surface area contributed by atoms with E-state index in [9.17, 15) is 9.59 Å². The van der Waals surface area contributed by atoms with Crippen molar-refractivity contribution in [3.05, 3.63) is 58.9 Å². The number of hydrogen-bond acceptors (Lipinski definition) is 2. The van der Waals surface area contributed by atoms with E-state index in [-0.39, 0.29) is 11.5 Å². The van der Waals surface area contributed by atoms with Gasteiger partial charge < -0.3 is 5.11 Å². The summed E-state index contributed by atoms with van der Waals surface area (Å²) in [5.41, 5.74) is 2.62. The average molecular weight is 265 g/mol. The first kappa shape index (κ1) is 12.2. The molecule has 5 nitrogen and oxygen atoms in total. The molecule has 18 heavy (non-hydrogen) atoms. The molecule has 0 fully saturated rings. The van der Waals surface area contributed by atoms with Gasteiger partial charge in [0.05, 0.1) is 5.02 Å². The number of carbonyl (C=O) groups is 2. The Kier molecular flexibility index (Phi) is 3.34. The van der Waals surface area contributed by atoms with Gasteiger partial charge in [-0.05, 0) is 24.3 Å². The lowest BCUT2D eigenvalue weighted by Gasteiger charge is -2.08. The molecule has 0 aliphatic rings. The van der Waals surface area contributed by atoms with E-state index in [1.165, 1.54) is 12.3 Å². The highest BCUT2D eigenvalue weighted by atomic mass is 35.5. The monoisotopic (exact) mass is 264 g/mol. The molecule has 0 saturated carbocycles. The molecule has 0 saturated heterocycles. The van der Waals surface area contributed by atoms with E-state index in [1.807, 2.05) is 0 Å². The standard InChI is InChI=1S/C12H9ClN2O3/c13-9-5-2-1-4-8(9)11(16)10-6-3-7-15(10)14-12(17)18/h1-7,14H,(H,17,18). The summed E-state index contributed by atoms with van der Waals surface area (Å²) in [5.74, 6) is -0.348. The second-order valence-electron chi connectivity index (χ2n) is 3.49. The summed E-state index contributed by atoms with van der Waals surface area (Å²) in [6.45, 7) is 0. The molecule has 0 bridgehead atoms. The number of carboxylic acid groups (broad SMARTS) is 1. The summed E-state index contributed by atoms with van der Waals surface area (Å²) in [6.07, 6.45) is 0.192. The van der Waals surface area contributed by atoms with Gasteiger partial charge >= 0.3 is 6.09 Å². The summed E-state index contributed by atoms with van der Waals surface area (Å²) >= 11 is 5.93. The molecule has 0 aliphatic carbocycles. The number of amides is 1. The molecule has 2 rings (SSSR count). The Morgan fingerprint density at radius 2 is 1.89 bits per heavy atom. The fourth-order valence-corrected chi connectivity index (χ4v) is 1.77. The molecule has 2 aromatic rings. The van der Waals surface area contributed by atoms with Crippen molar-refractivity contribution < 1.29 is 14.7 Å². The van der Waals surface area contributed by atoms with Crippen LogP contribution in [0.15, 0.2) is 42.6 Å². The smallest absolute Gasteiger partial charge is 0.423 e. The molecule has 1 aromatic heterocycles. The maximum Gasteiger partial charge on any atom is 0.423 e. The van der Waals surface area contributed by atoms with Crippen LogP contribution < -0.4 is 5.43 Å². The van der Waals surface area contributed by atoms with Gasteiger partial charge in [0.25, 0.3) is 0 Å². The Bertz CT molecular complexity index is 607. The van der Waals surface area contributed by atoms with Gasteiger partial charge in [-0.1, -0.05) is 23.7 Å². The molecule has 1 aromatic carbocycles. The van der Waals surface area contributed by atoms with Crippen molar-refractivity contribution in [3.8, 4) is 0 Å². The van der Waals surface area contributed by atoms with Gasteiger partial charge in [-0.15, -0.1) is 0 Å². The minimum atomic E-state index is -1.25. The summed E-state index contributed by atoms with van der Waals surface area (Å²) in [5, 5.41) is 8.97. The number of aromatic nitrogens is 1. The summed E-state index contributed by atoms with van der Waals surface area (Å²) in [6, 6.07) is 9.68. The molecule has 0 atom stereocenters. The summed E-state index contributed by atoms with van der Waals surface area (Å²) in [7, 11) is 0. The number of nitrogens with zero attached hydrogens (tertiary/aromatic N) is 1. The molecule has 1 amide bonds. The molecule has 6 heteroatoms. The van der Waals surface area contributed by atoms with Gasteiger partial charge in [0.2, 0.25) is 5.78 Å². The van der Waals surface area contributed by atoms with Crippen molar-refractivity contribution in [3.63, 3.8) is 0 Å². The topological polar surface area (TPSA) is 71.3 Å². The van der Waals surface area contributed by atoms with Crippen LogP contribution in [0, 0.1) is 0 Å². The van der Waals surface area contributed by atoms with Crippen LogP contribution in [0.1, 0.15) is 16.1 Å². The van der Waals surface area contributed by atoms with Crippen molar-refractivity contribution >= 4 is 23.5 Å². The molecule has 2 N–H and O–H groups in total. The normalized spacial score (nSPS) is 10.1. The van der Waals surface area contributed by atoms with Crippen LogP contribution >= 0.6 is 11.6 Å². The fraction of sp³-hybridized carbons (Fsp3) is 0. The lowest BCUT2D eigenvalue weighted by molar-refractivity contribution is 0.103. The Hall–Kier alpha value is -2.27. The highest BCUT2D eigenvalue weighted by Crippen LogP contribution is 2.19. The number of hydrogen-bond donors (Lipinski definition) is 2. The van der Waals surface area contributed by atoms with Gasteiger partial charge in [0, 0.05) is 11.8 Å². The Labute approximate surface area is 108 Å². The first-order chi connectivity index (χ1) is 8.59. The Morgan fingerprint density at radius 1 is 1.17 bits per heavy atom. The zero-order valence-corrected chi connectivity index (χ0v) is 9.89. The third kappa shape index (κ3) is 2.36. The van der Waals surface area contributed by atoms with Crippen molar-refractivity contribution in [2.75, 3.05) is 5.43 Å². The van der Waals surface area contributed by atoms with Crippen molar-refractivity contribution in [1.29, 1.82) is 0 Å². The average Bonchev–Trinajstić information content (AvgIpc) is 2.76. The third-order valence-electron chi connectivity index (χ3n) is 2.32. The number of halogens is 1. The van der Waals surface area contributed by atoms with Crippen molar-refractivity contribution in [1.82, 2.24) is 4.68 Å². The predicted molar refractivity (Wildman–Crippen MR) is 66.7 cm³/mol. The number of carbonyl (C=O) groups excluding carboxylic acids is 1. The molecule has 0 aliphatic heterocycles. The van der Waals surface area contributed by atoms with Crippen LogP contribution in [0.5, 0.6) is 0 Å². The van der Waals surface area contributed by atoms with Crippen molar-refractivity contribution in [2.24, 2.45) is 0 Å². The maximum absolute atomic E-state index is 12.2. The number of ketones is 1. The largest absolute Gasteiger partial charge is 0.464 e. The minimum Gasteiger partial charge on any atom is -0.464 e. The second kappa shape index (κ2) is 4.93. The van der Waals surface area contributed by atoms with Crippen LogP contribution in [0.4, 0.5) is 4.79 Å². The van der Waals surface area contributed by atoms with Gasteiger partial charge in [0.1, 0.15) is 5.69 Å². The first-order valence-corrected chi connectivity index (χ1v) is 5.44. The van der Waals surface area contributed by atoms with E-state index < -0.39 is 6.09 Å². The van der Waals surface area contributed by atoms with Gasteiger partial charge in [0.15, 0.2) is 0 Å². The van der Waals surface area contributed by atoms with E-state index in [0.29, 0.717) is 10.6 Å². The van der Waals surface area contributed by atoms with Gasteiger partial charge in [-0.3, -0.25) is 9.47 Å². The number of benzene rings is 1. The Morgan fingerprint density at radius 3 is 2.56 bits per heavy atom. The minimum absolute atomic E-state index is 0.200. The quantitative estimate of drug-likeness (QED) is 0.837. The van der Waals surface area contributed by atoms with Crippen LogP contribution in [0.3, 0.4) is 0 Å².